The molecule has 146 valence electrons. The number of alkyl carbamates (subject to hydrolysis) is 1. The number of ether oxygens (including phenoxy) is 2. The van der Waals surface area contributed by atoms with Crippen molar-refractivity contribution in [2.45, 2.75) is 46.3 Å². The number of hydrogen-bond acceptors (Lipinski definition) is 5. The van der Waals surface area contributed by atoms with Crippen LogP contribution in [0.2, 0.25) is 0 Å². The number of methoxy groups -OCH3 is 1. The number of carbonyl (C=O) groups is 1. The molecular formula is C18H31N5O3. The van der Waals surface area contributed by atoms with Gasteiger partial charge in [-0.15, -0.1) is 0 Å². The first kappa shape index (κ1) is 21.5. The predicted octanol–water partition coefficient (Wildman–Crippen LogP) is 2.06. The molecule has 8 heteroatoms. The molecule has 0 unspecified atom stereocenters. The molecule has 0 aromatic carbocycles. The summed E-state index contributed by atoms with van der Waals surface area (Å²) in [5.74, 6) is 1.28. The Hall–Kier alpha value is -2.51. The fourth-order valence-electron chi connectivity index (χ4n) is 2.03. The number of carbonyl (C=O) groups excluding carboxylic acids is 1. The summed E-state index contributed by atoms with van der Waals surface area (Å²) in [4.78, 5) is 20.3. The van der Waals surface area contributed by atoms with Crippen molar-refractivity contribution in [2.75, 3.05) is 26.7 Å². The first-order valence-electron chi connectivity index (χ1n) is 8.82. The zero-order valence-electron chi connectivity index (χ0n) is 16.4. The molecule has 1 heterocycles. The summed E-state index contributed by atoms with van der Waals surface area (Å²) in [6.45, 7) is 9.93. The van der Waals surface area contributed by atoms with Gasteiger partial charge in [-0.25, -0.2) is 14.8 Å². The molecule has 0 aliphatic heterocycles. The zero-order valence-corrected chi connectivity index (χ0v) is 16.4. The molecule has 0 saturated heterocycles. The smallest absolute Gasteiger partial charge is 0.407 e. The topological polar surface area (TPSA) is 96.9 Å². The Morgan fingerprint density at radius 3 is 2.62 bits per heavy atom. The molecule has 1 amide bonds. The Bertz CT molecular complexity index is 584. The van der Waals surface area contributed by atoms with Crippen molar-refractivity contribution in [1.29, 1.82) is 0 Å². The second kappa shape index (κ2) is 11.2. The SMILES string of the molecule is CCNC(=NCc1cccnc1OC)NCCCNC(=O)OC(C)(C)C. The van der Waals surface area contributed by atoms with Gasteiger partial charge in [-0.05, 0) is 40.2 Å². The monoisotopic (exact) mass is 365 g/mol. The first-order chi connectivity index (χ1) is 12.4. The van der Waals surface area contributed by atoms with Crippen LogP contribution in [0.15, 0.2) is 23.3 Å². The molecule has 26 heavy (non-hydrogen) atoms. The minimum Gasteiger partial charge on any atom is -0.481 e. The third kappa shape index (κ3) is 9.10. The molecule has 0 saturated carbocycles. The van der Waals surface area contributed by atoms with E-state index in [0.29, 0.717) is 31.5 Å². The lowest BCUT2D eigenvalue weighted by atomic mass is 10.2. The van der Waals surface area contributed by atoms with E-state index in [9.17, 15) is 4.79 Å². The Kier molecular flexibility index (Phi) is 9.25. The molecule has 0 atom stereocenters. The molecule has 0 aliphatic carbocycles. The molecule has 0 spiro atoms. The van der Waals surface area contributed by atoms with E-state index in [1.54, 1.807) is 13.3 Å². The van der Waals surface area contributed by atoms with E-state index in [4.69, 9.17) is 9.47 Å². The third-order valence-corrected chi connectivity index (χ3v) is 3.11. The zero-order chi connectivity index (χ0) is 19.4. The van der Waals surface area contributed by atoms with Gasteiger partial charge in [-0.1, -0.05) is 6.07 Å². The van der Waals surface area contributed by atoms with E-state index < -0.39 is 11.7 Å². The van der Waals surface area contributed by atoms with Crippen molar-refractivity contribution in [1.82, 2.24) is 20.9 Å². The average molecular weight is 365 g/mol. The molecular weight excluding hydrogens is 334 g/mol. The van der Waals surface area contributed by atoms with Crippen LogP contribution in [0, 0.1) is 0 Å². The first-order valence-corrected chi connectivity index (χ1v) is 8.82. The summed E-state index contributed by atoms with van der Waals surface area (Å²) in [7, 11) is 1.59. The highest BCUT2D eigenvalue weighted by molar-refractivity contribution is 5.79. The van der Waals surface area contributed by atoms with E-state index in [1.807, 2.05) is 39.8 Å². The van der Waals surface area contributed by atoms with Crippen LogP contribution in [0.1, 0.15) is 39.7 Å². The van der Waals surface area contributed by atoms with E-state index >= 15 is 0 Å². The van der Waals surface area contributed by atoms with Crippen LogP contribution in [-0.4, -0.2) is 49.4 Å². The molecule has 8 nitrogen and oxygen atoms in total. The molecule has 3 N–H and O–H groups in total. The second-order valence-corrected chi connectivity index (χ2v) is 6.58. The van der Waals surface area contributed by atoms with Crippen LogP contribution in [-0.2, 0) is 11.3 Å². The summed E-state index contributed by atoms with van der Waals surface area (Å²) in [5.41, 5.74) is 0.430. The summed E-state index contributed by atoms with van der Waals surface area (Å²) in [6, 6.07) is 3.79. The number of rotatable bonds is 8. The van der Waals surface area contributed by atoms with E-state index in [-0.39, 0.29) is 0 Å². The highest BCUT2D eigenvalue weighted by Crippen LogP contribution is 2.14. The largest absolute Gasteiger partial charge is 0.481 e. The van der Waals surface area contributed by atoms with Crippen molar-refractivity contribution in [3.63, 3.8) is 0 Å². The maximum Gasteiger partial charge on any atom is 0.407 e. The Morgan fingerprint density at radius 1 is 1.23 bits per heavy atom. The van der Waals surface area contributed by atoms with Crippen molar-refractivity contribution in [3.8, 4) is 5.88 Å². The van der Waals surface area contributed by atoms with Crippen molar-refractivity contribution in [3.05, 3.63) is 23.9 Å². The molecule has 0 radical (unpaired) electrons. The maximum atomic E-state index is 11.6. The molecule has 1 aromatic heterocycles. The van der Waals surface area contributed by atoms with E-state index in [1.165, 1.54) is 0 Å². The standard InChI is InChI=1S/C18H31N5O3/c1-6-19-16(23-13-14-9-7-10-20-15(14)25-5)21-11-8-12-22-17(24)26-18(2,3)4/h7,9-10H,6,8,11-13H2,1-5H3,(H,22,24)(H2,19,21,23). The highest BCUT2D eigenvalue weighted by atomic mass is 16.6. The van der Waals surface area contributed by atoms with Crippen LogP contribution < -0.4 is 20.7 Å². The summed E-state index contributed by atoms with van der Waals surface area (Å²) in [6.07, 6.45) is 2.04. The number of nitrogens with zero attached hydrogens (tertiary/aromatic N) is 2. The van der Waals surface area contributed by atoms with Crippen LogP contribution in [0.3, 0.4) is 0 Å². The molecule has 0 bridgehead atoms. The van der Waals surface area contributed by atoms with Gasteiger partial charge < -0.3 is 25.4 Å². The van der Waals surface area contributed by atoms with Gasteiger partial charge in [0.2, 0.25) is 5.88 Å². The van der Waals surface area contributed by atoms with Gasteiger partial charge in [-0.3, -0.25) is 0 Å². The van der Waals surface area contributed by atoms with Crippen molar-refractivity contribution >= 4 is 12.1 Å². The number of nitrogens with one attached hydrogen (secondary N) is 3. The molecule has 1 aromatic rings. The summed E-state index contributed by atoms with van der Waals surface area (Å²) >= 11 is 0. The fraction of sp³-hybridized carbons (Fsp3) is 0.611. The number of hydrogen-bond donors (Lipinski definition) is 3. The van der Waals surface area contributed by atoms with Gasteiger partial charge >= 0.3 is 6.09 Å². The van der Waals surface area contributed by atoms with E-state index in [0.717, 1.165) is 18.5 Å². The lowest BCUT2D eigenvalue weighted by molar-refractivity contribution is 0.0527. The fourth-order valence-corrected chi connectivity index (χ4v) is 2.03. The Morgan fingerprint density at radius 2 is 1.96 bits per heavy atom. The van der Waals surface area contributed by atoms with Gasteiger partial charge in [0, 0.05) is 31.4 Å². The quantitative estimate of drug-likeness (QED) is 0.371. The Balaban J connectivity index is 2.40. The normalized spacial score (nSPS) is 11.7. The number of aliphatic imine (C=N–C) groups is 1. The minimum atomic E-state index is -0.486. The average Bonchev–Trinajstić information content (AvgIpc) is 2.58. The van der Waals surface area contributed by atoms with Gasteiger partial charge in [-0.2, -0.15) is 0 Å². The number of amides is 1. The third-order valence-electron chi connectivity index (χ3n) is 3.11. The van der Waals surface area contributed by atoms with Gasteiger partial charge in [0.1, 0.15) is 5.60 Å². The van der Waals surface area contributed by atoms with Crippen molar-refractivity contribution < 1.29 is 14.3 Å². The summed E-state index contributed by atoms with van der Waals surface area (Å²) in [5, 5.41) is 9.15. The number of aromatic nitrogens is 1. The molecule has 0 aliphatic rings. The molecule has 0 fully saturated rings. The number of guanidine groups is 1. The van der Waals surface area contributed by atoms with Crippen LogP contribution in [0.4, 0.5) is 4.79 Å². The van der Waals surface area contributed by atoms with Crippen LogP contribution in [0.5, 0.6) is 5.88 Å². The molecule has 1 rings (SSSR count). The summed E-state index contributed by atoms with van der Waals surface area (Å²) < 4.78 is 10.4. The second-order valence-electron chi connectivity index (χ2n) is 6.58. The van der Waals surface area contributed by atoms with Crippen molar-refractivity contribution in [2.24, 2.45) is 4.99 Å². The Labute approximate surface area is 155 Å². The predicted molar refractivity (Wildman–Crippen MR) is 102 cm³/mol. The van der Waals surface area contributed by atoms with Gasteiger partial charge in [0.05, 0.1) is 13.7 Å². The number of pyridine rings is 1. The van der Waals surface area contributed by atoms with Crippen LogP contribution >= 0.6 is 0 Å². The lowest BCUT2D eigenvalue weighted by Gasteiger charge is -2.19. The lowest BCUT2D eigenvalue weighted by Crippen LogP contribution is -2.39. The van der Waals surface area contributed by atoms with Crippen LogP contribution in [0.25, 0.3) is 0 Å². The minimum absolute atomic E-state index is 0.401. The van der Waals surface area contributed by atoms with E-state index in [2.05, 4.69) is 25.9 Å². The van der Waals surface area contributed by atoms with Gasteiger partial charge in [0.25, 0.3) is 0 Å². The van der Waals surface area contributed by atoms with Gasteiger partial charge in [0.15, 0.2) is 5.96 Å². The highest BCUT2D eigenvalue weighted by Gasteiger charge is 2.15. The maximum absolute atomic E-state index is 11.6.